The van der Waals surface area contributed by atoms with E-state index in [4.69, 9.17) is 11.1 Å². The van der Waals surface area contributed by atoms with Crippen molar-refractivity contribution in [2.24, 2.45) is 11.8 Å². The Bertz CT molecular complexity index is 465. The van der Waals surface area contributed by atoms with Gasteiger partial charge in [0, 0.05) is 25.1 Å². The topological polar surface area (TPSA) is 90.9 Å². The van der Waals surface area contributed by atoms with Gasteiger partial charge in [0.15, 0.2) is 0 Å². The lowest BCUT2D eigenvalue weighted by Crippen LogP contribution is -2.30. The third-order valence-electron chi connectivity index (χ3n) is 3.02. The van der Waals surface area contributed by atoms with Crippen LogP contribution in [0.25, 0.3) is 0 Å². The Morgan fingerprint density at radius 1 is 1.42 bits per heavy atom. The Morgan fingerprint density at radius 2 is 2.11 bits per heavy atom. The summed E-state index contributed by atoms with van der Waals surface area (Å²) in [6.07, 6.45) is 0.743. The molecule has 3 N–H and O–H groups in total. The Labute approximate surface area is 114 Å². The monoisotopic (exact) mass is 262 g/mol. The predicted molar refractivity (Wildman–Crippen MR) is 76.6 cm³/mol. The molecule has 0 radical (unpaired) electrons. The van der Waals surface area contributed by atoms with Gasteiger partial charge in [0.2, 0.25) is 0 Å². The normalized spacial score (nSPS) is 11.8. The van der Waals surface area contributed by atoms with Crippen molar-refractivity contribution in [1.29, 1.82) is 5.26 Å². The van der Waals surface area contributed by atoms with Crippen molar-refractivity contribution >= 4 is 11.6 Å². The fourth-order valence-electron chi connectivity index (χ4n) is 1.89. The fourth-order valence-corrected chi connectivity index (χ4v) is 1.89. The summed E-state index contributed by atoms with van der Waals surface area (Å²) in [4.78, 5) is 11.0. The number of nitrogens with one attached hydrogen (secondary N) is 1. The third-order valence-corrected chi connectivity index (χ3v) is 3.02. The van der Waals surface area contributed by atoms with E-state index >= 15 is 0 Å². The Hall–Kier alpha value is -1.87. The molecule has 1 aromatic heterocycles. The van der Waals surface area contributed by atoms with Crippen molar-refractivity contribution in [3.05, 3.63) is 11.4 Å². The molecule has 104 valence electrons. The SMILES string of the molecule is CCc1nc(NN)c(C)c(N(CC)CC(C)C#N)n1. The smallest absolute Gasteiger partial charge is 0.148 e. The molecule has 0 aromatic carbocycles. The Kier molecular flexibility index (Phi) is 5.52. The molecule has 0 aliphatic heterocycles. The second kappa shape index (κ2) is 6.90. The first-order valence-corrected chi connectivity index (χ1v) is 6.55. The highest BCUT2D eigenvalue weighted by Gasteiger charge is 2.16. The maximum atomic E-state index is 8.96. The van der Waals surface area contributed by atoms with Crippen molar-refractivity contribution in [2.75, 3.05) is 23.4 Å². The number of anilines is 2. The van der Waals surface area contributed by atoms with Gasteiger partial charge >= 0.3 is 0 Å². The number of aryl methyl sites for hydroxylation is 1. The molecule has 1 unspecified atom stereocenters. The van der Waals surface area contributed by atoms with E-state index in [2.05, 4.69) is 26.4 Å². The van der Waals surface area contributed by atoms with Crippen LogP contribution in [0.3, 0.4) is 0 Å². The summed E-state index contributed by atoms with van der Waals surface area (Å²) in [5, 5.41) is 8.96. The number of nitrogens with two attached hydrogens (primary N) is 1. The molecule has 1 aromatic rings. The van der Waals surface area contributed by atoms with Crippen LogP contribution in [-0.4, -0.2) is 23.1 Å². The number of aromatic nitrogens is 2. The van der Waals surface area contributed by atoms with E-state index in [1.807, 2.05) is 27.7 Å². The van der Waals surface area contributed by atoms with Crippen LogP contribution in [0.15, 0.2) is 0 Å². The molecule has 0 aliphatic carbocycles. The molecule has 1 heterocycles. The molecule has 0 bridgehead atoms. The second-order valence-electron chi connectivity index (χ2n) is 4.50. The number of nitrogen functional groups attached to an aromatic ring is 1. The molecule has 6 nitrogen and oxygen atoms in total. The van der Waals surface area contributed by atoms with Gasteiger partial charge in [-0.15, -0.1) is 0 Å². The molecular formula is C13H22N6. The van der Waals surface area contributed by atoms with Crippen molar-refractivity contribution < 1.29 is 0 Å². The largest absolute Gasteiger partial charge is 0.355 e. The minimum Gasteiger partial charge on any atom is -0.355 e. The summed E-state index contributed by atoms with van der Waals surface area (Å²) in [6.45, 7) is 9.33. The van der Waals surface area contributed by atoms with Crippen LogP contribution in [0, 0.1) is 24.2 Å². The quantitative estimate of drug-likeness (QED) is 0.598. The first-order valence-electron chi connectivity index (χ1n) is 6.55. The number of nitriles is 1. The van der Waals surface area contributed by atoms with Gasteiger partial charge in [-0.2, -0.15) is 5.26 Å². The second-order valence-corrected chi connectivity index (χ2v) is 4.50. The summed E-state index contributed by atoms with van der Waals surface area (Å²) in [5.74, 6) is 7.70. The molecule has 0 fully saturated rings. The van der Waals surface area contributed by atoms with Crippen LogP contribution in [0.5, 0.6) is 0 Å². The molecule has 6 heteroatoms. The first kappa shape index (κ1) is 15.2. The summed E-state index contributed by atoms with van der Waals surface area (Å²) >= 11 is 0. The van der Waals surface area contributed by atoms with E-state index in [9.17, 15) is 0 Å². The highest BCUT2D eigenvalue weighted by molar-refractivity contribution is 5.58. The van der Waals surface area contributed by atoms with Crippen LogP contribution >= 0.6 is 0 Å². The highest BCUT2D eigenvalue weighted by atomic mass is 15.3. The van der Waals surface area contributed by atoms with Gasteiger partial charge in [-0.3, -0.25) is 0 Å². The van der Waals surface area contributed by atoms with Crippen LogP contribution in [0.1, 0.15) is 32.2 Å². The van der Waals surface area contributed by atoms with Gasteiger partial charge in [0.1, 0.15) is 17.5 Å². The average molecular weight is 262 g/mol. The summed E-state index contributed by atoms with van der Waals surface area (Å²) in [7, 11) is 0. The van der Waals surface area contributed by atoms with Crippen LogP contribution in [0.4, 0.5) is 11.6 Å². The lowest BCUT2D eigenvalue weighted by Gasteiger charge is -2.25. The van der Waals surface area contributed by atoms with Crippen LogP contribution in [-0.2, 0) is 6.42 Å². The van der Waals surface area contributed by atoms with Gasteiger partial charge < -0.3 is 10.3 Å². The van der Waals surface area contributed by atoms with Crippen LogP contribution < -0.4 is 16.2 Å². The summed E-state index contributed by atoms with van der Waals surface area (Å²) in [6, 6.07) is 2.25. The highest BCUT2D eigenvalue weighted by Crippen LogP contribution is 2.23. The van der Waals surface area contributed by atoms with Gasteiger partial charge in [0.05, 0.1) is 12.0 Å². The zero-order chi connectivity index (χ0) is 14.4. The van der Waals surface area contributed by atoms with E-state index in [0.717, 1.165) is 30.2 Å². The molecule has 0 aliphatic rings. The van der Waals surface area contributed by atoms with E-state index in [1.165, 1.54) is 0 Å². The molecule has 0 saturated heterocycles. The maximum Gasteiger partial charge on any atom is 0.148 e. The molecule has 0 amide bonds. The van der Waals surface area contributed by atoms with Gasteiger partial charge in [0.25, 0.3) is 0 Å². The van der Waals surface area contributed by atoms with E-state index < -0.39 is 0 Å². The molecular weight excluding hydrogens is 240 g/mol. The lowest BCUT2D eigenvalue weighted by atomic mass is 10.2. The molecule has 1 atom stereocenters. The lowest BCUT2D eigenvalue weighted by molar-refractivity contribution is 0.674. The zero-order valence-electron chi connectivity index (χ0n) is 12.1. The van der Waals surface area contributed by atoms with E-state index in [-0.39, 0.29) is 5.92 Å². The number of hydrazine groups is 1. The molecule has 0 saturated carbocycles. The summed E-state index contributed by atoms with van der Waals surface area (Å²) in [5.41, 5.74) is 3.52. The van der Waals surface area contributed by atoms with Gasteiger partial charge in [-0.05, 0) is 20.8 Å². The van der Waals surface area contributed by atoms with Gasteiger partial charge in [-0.25, -0.2) is 15.8 Å². The van der Waals surface area contributed by atoms with Crippen molar-refractivity contribution in [2.45, 2.75) is 34.1 Å². The maximum absolute atomic E-state index is 8.96. The third kappa shape index (κ3) is 3.55. The Balaban J connectivity index is 3.18. The average Bonchev–Trinajstić information content (AvgIpc) is 2.44. The van der Waals surface area contributed by atoms with Crippen molar-refractivity contribution in [3.63, 3.8) is 0 Å². The predicted octanol–water partition coefficient (Wildman–Crippen LogP) is 1.62. The number of hydrogen-bond acceptors (Lipinski definition) is 6. The zero-order valence-corrected chi connectivity index (χ0v) is 12.1. The number of rotatable bonds is 6. The van der Waals surface area contributed by atoms with E-state index in [1.54, 1.807) is 0 Å². The van der Waals surface area contributed by atoms with Crippen molar-refractivity contribution in [3.8, 4) is 6.07 Å². The first-order chi connectivity index (χ1) is 9.07. The molecule has 1 rings (SSSR count). The number of hydrogen-bond donors (Lipinski definition) is 2. The van der Waals surface area contributed by atoms with Crippen molar-refractivity contribution in [1.82, 2.24) is 9.97 Å². The fraction of sp³-hybridized carbons (Fsp3) is 0.615. The minimum absolute atomic E-state index is 0.0475. The minimum atomic E-state index is -0.0475. The molecule has 0 spiro atoms. The molecule has 19 heavy (non-hydrogen) atoms. The standard InChI is InChI=1S/C13H22N6/c1-5-11-16-12(18-15)10(4)13(17-11)19(6-2)8-9(3)7-14/h9H,5-6,8,15H2,1-4H3,(H,16,17,18). The van der Waals surface area contributed by atoms with Crippen LogP contribution in [0.2, 0.25) is 0 Å². The summed E-state index contributed by atoms with van der Waals surface area (Å²) < 4.78 is 0. The number of nitrogens with zero attached hydrogens (tertiary/aromatic N) is 4. The Morgan fingerprint density at radius 3 is 2.58 bits per heavy atom. The van der Waals surface area contributed by atoms with E-state index in [0.29, 0.717) is 12.4 Å². The van der Waals surface area contributed by atoms with Gasteiger partial charge in [-0.1, -0.05) is 6.92 Å².